The number of fused-ring (bicyclic) bond motifs is 3. The Morgan fingerprint density at radius 3 is 2.49 bits per heavy atom. The van der Waals surface area contributed by atoms with Crippen LogP contribution < -0.4 is 4.74 Å². The van der Waals surface area contributed by atoms with Crippen LogP contribution in [0.15, 0.2) is 85.1 Å². The van der Waals surface area contributed by atoms with Crippen LogP contribution in [0.25, 0.3) is 33.3 Å². The molecule has 0 saturated carbocycles. The predicted octanol–water partition coefficient (Wildman–Crippen LogP) is 6.88. The van der Waals surface area contributed by atoms with Gasteiger partial charge in [0, 0.05) is 50.3 Å². The molecule has 0 aliphatic heterocycles. The van der Waals surface area contributed by atoms with Crippen LogP contribution in [0.2, 0.25) is 0 Å². The molecular weight excluding hydrogens is 615 g/mol. The fourth-order valence-electron chi connectivity index (χ4n) is 4.51. The quantitative estimate of drug-likeness (QED) is 0.198. The molecule has 0 saturated heterocycles. The summed E-state index contributed by atoms with van der Waals surface area (Å²) < 4.78 is 10.4. The van der Waals surface area contributed by atoms with Gasteiger partial charge in [0.2, 0.25) is 0 Å². The normalized spacial score (nSPS) is 11.1. The zero-order chi connectivity index (χ0) is 23.2. The van der Waals surface area contributed by atoms with Crippen molar-refractivity contribution in [2.75, 3.05) is 0 Å². The number of aromatic nitrogens is 4. The molecule has 0 N–H and O–H groups in total. The number of rotatable bonds is 4. The summed E-state index contributed by atoms with van der Waals surface area (Å²) in [5.74, 6) is 2.25. The van der Waals surface area contributed by atoms with Gasteiger partial charge in [-0.3, -0.25) is 0 Å². The smallest absolute Gasteiger partial charge is 0.135 e. The second kappa shape index (κ2) is 9.16. The Morgan fingerprint density at radius 1 is 0.829 bits per heavy atom. The van der Waals surface area contributed by atoms with Gasteiger partial charge in [0.15, 0.2) is 0 Å². The average molecular weight is 639 g/mol. The third-order valence-electron chi connectivity index (χ3n) is 5.99. The molecule has 6 aromatic rings. The number of aryl methyl sites for hydroxylation is 3. The van der Waals surface area contributed by atoms with Crippen molar-refractivity contribution in [2.45, 2.75) is 20.8 Å². The first kappa shape index (κ1) is 23.1. The van der Waals surface area contributed by atoms with Gasteiger partial charge in [-0.1, -0.05) is 29.8 Å². The summed E-state index contributed by atoms with van der Waals surface area (Å²) in [7, 11) is 0. The van der Waals surface area contributed by atoms with Gasteiger partial charge in [-0.15, -0.1) is 17.5 Å². The molecule has 5 nitrogen and oxygen atoms in total. The van der Waals surface area contributed by atoms with Crippen LogP contribution in [0, 0.1) is 26.8 Å². The van der Waals surface area contributed by atoms with Crippen LogP contribution in [-0.4, -0.2) is 19.3 Å². The molecule has 0 radical (unpaired) electrons. The second-order valence-corrected chi connectivity index (χ2v) is 8.57. The summed E-state index contributed by atoms with van der Waals surface area (Å²) >= 11 is 0. The number of para-hydroxylation sites is 1. The third kappa shape index (κ3) is 4.17. The largest absolute Gasteiger partial charge is 0.483 e. The van der Waals surface area contributed by atoms with E-state index >= 15 is 0 Å². The van der Waals surface area contributed by atoms with Crippen LogP contribution in [0.3, 0.4) is 0 Å². The van der Waals surface area contributed by atoms with E-state index in [1.807, 2.05) is 61.1 Å². The Morgan fingerprint density at radius 2 is 1.69 bits per heavy atom. The summed E-state index contributed by atoms with van der Waals surface area (Å²) in [4.78, 5) is 4.64. The molecule has 0 bridgehead atoms. The van der Waals surface area contributed by atoms with Crippen molar-refractivity contribution in [3.8, 4) is 23.0 Å². The van der Waals surface area contributed by atoms with E-state index in [1.54, 1.807) is 0 Å². The van der Waals surface area contributed by atoms with E-state index < -0.39 is 0 Å². The van der Waals surface area contributed by atoms with E-state index in [0.717, 1.165) is 56.0 Å². The summed E-state index contributed by atoms with van der Waals surface area (Å²) in [6, 6.07) is 30.0. The Hall–Kier alpha value is -3.69. The zero-order valence-corrected chi connectivity index (χ0v) is 21.9. The molecule has 0 aliphatic rings. The number of pyridine rings is 1. The maximum absolute atomic E-state index is 6.28. The van der Waals surface area contributed by atoms with E-state index in [0.29, 0.717) is 5.75 Å². The van der Waals surface area contributed by atoms with Gasteiger partial charge in [-0.05, 0) is 68.1 Å². The predicted molar refractivity (Wildman–Crippen MR) is 135 cm³/mol. The van der Waals surface area contributed by atoms with Gasteiger partial charge in [-0.25, -0.2) is 9.67 Å². The third-order valence-corrected chi connectivity index (χ3v) is 5.99. The standard InChI is InChI=1S/C29H23N4O.Pt/c1-19-13-14-30-29(15-19)32-27-10-5-4-9-25(27)26-12-11-24(18-28(26)32)34-23-8-6-7-22(17-23)33-21(3)16-20(2)31-33;/h4-17H,1-3H3;/q-1;. The minimum Gasteiger partial charge on any atom is -0.483 e. The monoisotopic (exact) mass is 638 g/mol. The Labute approximate surface area is 218 Å². The molecule has 0 unspecified atom stereocenters. The number of hydrogen-bond donors (Lipinski definition) is 0. The molecular formula is C29H23N4OPt-. The van der Waals surface area contributed by atoms with Crippen LogP contribution in [0.4, 0.5) is 0 Å². The minimum atomic E-state index is 0. The van der Waals surface area contributed by atoms with Crippen molar-refractivity contribution in [1.29, 1.82) is 0 Å². The number of ether oxygens (including phenoxy) is 1. The van der Waals surface area contributed by atoms with Crippen molar-refractivity contribution in [1.82, 2.24) is 19.3 Å². The van der Waals surface area contributed by atoms with Crippen molar-refractivity contribution < 1.29 is 25.8 Å². The van der Waals surface area contributed by atoms with Crippen LogP contribution in [0.5, 0.6) is 11.5 Å². The molecule has 176 valence electrons. The SMILES string of the molecule is Cc1ccnc(-n2c3[c-]c(Oc4cccc(-n5nc(C)cc5C)c4)ccc3c3ccccc32)c1.[Pt]. The van der Waals surface area contributed by atoms with Crippen LogP contribution in [0.1, 0.15) is 17.0 Å². The molecule has 0 spiro atoms. The van der Waals surface area contributed by atoms with Gasteiger partial charge in [0.05, 0.1) is 11.4 Å². The zero-order valence-electron chi connectivity index (χ0n) is 19.6. The number of nitrogens with zero attached hydrogens (tertiary/aromatic N) is 4. The number of hydrogen-bond acceptors (Lipinski definition) is 3. The van der Waals surface area contributed by atoms with Crippen molar-refractivity contribution in [3.05, 3.63) is 108 Å². The molecule has 0 aliphatic carbocycles. The molecule has 0 amide bonds. The fraction of sp³-hybridized carbons (Fsp3) is 0.103. The molecule has 35 heavy (non-hydrogen) atoms. The maximum Gasteiger partial charge on any atom is 0.135 e. The minimum absolute atomic E-state index is 0. The second-order valence-electron chi connectivity index (χ2n) is 8.57. The van der Waals surface area contributed by atoms with E-state index in [-0.39, 0.29) is 21.1 Å². The van der Waals surface area contributed by atoms with Gasteiger partial charge in [0.1, 0.15) is 11.6 Å². The molecule has 3 heterocycles. The molecule has 6 rings (SSSR count). The summed E-state index contributed by atoms with van der Waals surface area (Å²) in [6.07, 6.45) is 1.84. The van der Waals surface area contributed by atoms with Crippen molar-refractivity contribution in [2.24, 2.45) is 0 Å². The van der Waals surface area contributed by atoms with Gasteiger partial charge in [0.25, 0.3) is 0 Å². The molecule has 6 heteroatoms. The first-order valence-corrected chi connectivity index (χ1v) is 11.3. The van der Waals surface area contributed by atoms with E-state index in [4.69, 9.17) is 4.74 Å². The first-order chi connectivity index (χ1) is 16.6. The van der Waals surface area contributed by atoms with Gasteiger partial charge >= 0.3 is 0 Å². The average Bonchev–Trinajstić information content (AvgIpc) is 3.35. The van der Waals surface area contributed by atoms with Crippen LogP contribution in [-0.2, 0) is 21.1 Å². The van der Waals surface area contributed by atoms with Crippen molar-refractivity contribution >= 4 is 21.8 Å². The van der Waals surface area contributed by atoms with Gasteiger partial charge < -0.3 is 9.30 Å². The summed E-state index contributed by atoms with van der Waals surface area (Å²) in [5.41, 5.74) is 6.21. The van der Waals surface area contributed by atoms with E-state index in [1.165, 1.54) is 0 Å². The molecule has 0 atom stereocenters. The fourth-order valence-corrected chi connectivity index (χ4v) is 4.51. The number of benzene rings is 3. The van der Waals surface area contributed by atoms with E-state index in [2.05, 4.69) is 70.1 Å². The molecule has 0 fully saturated rings. The van der Waals surface area contributed by atoms with E-state index in [9.17, 15) is 0 Å². The Kier molecular flexibility index (Phi) is 6.04. The topological polar surface area (TPSA) is 44.9 Å². The molecule has 3 aromatic heterocycles. The van der Waals surface area contributed by atoms with Crippen molar-refractivity contribution in [3.63, 3.8) is 0 Å². The molecule has 3 aromatic carbocycles. The maximum atomic E-state index is 6.28. The Balaban J connectivity index is 0.00000253. The van der Waals surface area contributed by atoms with Gasteiger partial charge in [-0.2, -0.15) is 11.2 Å². The summed E-state index contributed by atoms with van der Waals surface area (Å²) in [5, 5.41) is 6.86. The Bertz CT molecular complexity index is 1680. The van der Waals surface area contributed by atoms with Crippen LogP contribution >= 0.6 is 0 Å². The first-order valence-electron chi connectivity index (χ1n) is 11.3. The summed E-state index contributed by atoms with van der Waals surface area (Å²) in [6.45, 7) is 6.12.